The highest BCUT2D eigenvalue weighted by molar-refractivity contribution is 7.99. The van der Waals surface area contributed by atoms with Gasteiger partial charge < -0.3 is 10.2 Å². The van der Waals surface area contributed by atoms with Gasteiger partial charge in [0.1, 0.15) is 12.1 Å². The van der Waals surface area contributed by atoms with Crippen molar-refractivity contribution in [1.29, 1.82) is 0 Å². The van der Waals surface area contributed by atoms with Gasteiger partial charge in [0, 0.05) is 4.90 Å². The van der Waals surface area contributed by atoms with Gasteiger partial charge in [-0.15, -0.1) is 0 Å². The third-order valence-electron chi connectivity index (χ3n) is 2.36. The Morgan fingerprint density at radius 3 is 2.90 bits per heavy atom. The quantitative estimate of drug-likeness (QED) is 0.371. The van der Waals surface area contributed by atoms with Crippen LogP contribution in [0.15, 0.2) is 40.5 Å². The number of nitrogens with one attached hydrogen (secondary N) is 1. The van der Waals surface area contributed by atoms with E-state index in [1.165, 1.54) is 6.33 Å². The lowest BCUT2D eigenvalue weighted by Gasteiger charge is -2.06. The van der Waals surface area contributed by atoms with E-state index in [9.17, 15) is 10.1 Å². The van der Waals surface area contributed by atoms with E-state index in [1.807, 2.05) is 0 Å². The Kier molecular flexibility index (Phi) is 4.33. The minimum absolute atomic E-state index is 0.0320. The van der Waals surface area contributed by atoms with Crippen molar-refractivity contribution in [3.8, 4) is 5.75 Å². The van der Waals surface area contributed by atoms with Gasteiger partial charge in [-0.3, -0.25) is 10.1 Å². The summed E-state index contributed by atoms with van der Waals surface area (Å²) >= 11 is 1.13. The van der Waals surface area contributed by atoms with Crippen molar-refractivity contribution in [2.75, 3.05) is 12.5 Å². The number of nitrogens with zero attached hydrogens (tertiary/aromatic N) is 3. The van der Waals surface area contributed by atoms with E-state index in [2.05, 4.69) is 15.4 Å². The summed E-state index contributed by atoms with van der Waals surface area (Å²) in [5.74, 6) is 5.85. The van der Waals surface area contributed by atoms with Crippen molar-refractivity contribution in [3.05, 3.63) is 40.7 Å². The van der Waals surface area contributed by atoms with Crippen LogP contribution in [0.1, 0.15) is 0 Å². The predicted molar refractivity (Wildman–Crippen MR) is 73.6 cm³/mol. The van der Waals surface area contributed by atoms with Gasteiger partial charge >= 0.3 is 5.69 Å². The molecular weight excluding hydrogens is 282 g/mol. The van der Waals surface area contributed by atoms with Gasteiger partial charge in [-0.2, -0.15) is 0 Å². The summed E-state index contributed by atoms with van der Waals surface area (Å²) in [5.41, 5.74) is 1.93. The summed E-state index contributed by atoms with van der Waals surface area (Å²) in [7, 11) is 1.55. The van der Waals surface area contributed by atoms with E-state index < -0.39 is 4.92 Å². The molecule has 0 atom stereocenters. The number of ether oxygens (including phenoxy) is 1. The van der Waals surface area contributed by atoms with Crippen molar-refractivity contribution in [2.24, 2.45) is 5.84 Å². The number of methoxy groups -OCH3 is 1. The second-order valence-electron chi connectivity index (χ2n) is 3.56. The summed E-state index contributed by atoms with van der Waals surface area (Å²) in [6.07, 6.45) is 1.21. The number of aromatic nitrogens is 2. The van der Waals surface area contributed by atoms with Crippen molar-refractivity contribution < 1.29 is 9.66 Å². The molecule has 2 rings (SSSR count). The number of nitrogens with two attached hydrogens (primary N) is 1. The normalized spacial score (nSPS) is 10.1. The number of rotatable bonds is 5. The van der Waals surface area contributed by atoms with Gasteiger partial charge in [0.15, 0.2) is 5.03 Å². The van der Waals surface area contributed by atoms with E-state index in [-0.39, 0.29) is 16.5 Å². The van der Waals surface area contributed by atoms with Gasteiger partial charge in [-0.05, 0) is 18.2 Å². The molecule has 8 nitrogen and oxygen atoms in total. The summed E-state index contributed by atoms with van der Waals surface area (Å²) < 4.78 is 5.10. The number of hydrazine groups is 1. The molecule has 1 aromatic heterocycles. The number of hydrogen-bond acceptors (Lipinski definition) is 8. The van der Waals surface area contributed by atoms with Crippen LogP contribution in [0.4, 0.5) is 11.5 Å². The van der Waals surface area contributed by atoms with Crippen LogP contribution in [0.2, 0.25) is 0 Å². The standard InChI is InChI=1S/C11H11N5O3S/c1-19-7-3-2-4-8(5-7)20-11-9(16(17)18)10(15-12)13-6-14-11/h2-6H,12H2,1H3,(H,13,14,15). The first-order valence-corrected chi connectivity index (χ1v) is 6.25. The fraction of sp³-hybridized carbons (Fsp3) is 0.0909. The molecule has 1 heterocycles. The fourth-order valence-corrected chi connectivity index (χ4v) is 2.40. The summed E-state index contributed by atoms with van der Waals surface area (Å²) in [5, 5.41) is 11.3. The van der Waals surface area contributed by atoms with Crippen LogP contribution < -0.4 is 16.0 Å². The highest BCUT2D eigenvalue weighted by Gasteiger charge is 2.23. The van der Waals surface area contributed by atoms with Crippen LogP contribution in [0, 0.1) is 10.1 Å². The maximum absolute atomic E-state index is 11.1. The Balaban J connectivity index is 2.40. The van der Waals surface area contributed by atoms with Crippen LogP contribution in [0.25, 0.3) is 0 Å². The molecule has 2 aromatic rings. The SMILES string of the molecule is COc1cccc(Sc2ncnc(NN)c2[N+](=O)[O-])c1. The molecule has 0 radical (unpaired) electrons. The molecule has 104 valence electrons. The Labute approximate surface area is 118 Å². The van der Waals surface area contributed by atoms with E-state index in [4.69, 9.17) is 10.6 Å². The number of benzene rings is 1. The van der Waals surface area contributed by atoms with Crippen LogP contribution in [-0.2, 0) is 0 Å². The summed E-state index contributed by atoms with van der Waals surface area (Å²) in [4.78, 5) is 19.0. The average molecular weight is 293 g/mol. The first-order chi connectivity index (χ1) is 9.65. The lowest BCUT2D eigenvalue weighted by molar-refractivity contribution is -0.387. The van der Waals surface area contributed by atoms with Crippen molar-refractivity contribution in [2.45, 2.75) is 9.92 Å². The van der Waals surface area contributed by atoms with Crippen LogP contribution in [-0.4, -0.2) is 22.0 Å². The maximum Gasteiger partial charge on any atom is 0.344 e. The first-order valence-electron chi connectivity index (χ1n) is 5.43. The Morgan fingerprint density at radius 1 is 1.45 bits per heavy atom. The topological polar surface area (TPSA) is 116 Å². The highest BCUT2D eigenvalue weighted by Crippen LogP contribution is 2.36. The first kappa shape index (κ1) is 14.0. The largest absolute Gasteiger partial charge is 0.497 e. The molecule has 0 spiro atoms. The predicted octanol–water partition coefficient (Wildman–Crippen LogP) is 1.83. The molecule has 0 saturated heterocycles. The van der Waals surface area contributed by atoms with Crippen LogP contribution in [0.5, 0.6) is 5.75 Å². The van der Waals surface area contributed by atoms with Gasteiger partial charge in [0.25, 0.3) is 0 Å². The molecule has 3 N–H and O–H groups in total. The average Bonchev–Trinajstić information content (AvgIpc) is 2.46. The Morgan fingerprint density at radius 2 is 2.25 bits per heavy atom. The second-order valence-corrected chi connectivity index (χ2v) is 4.62. The molecule has 0 aliphatic rings. The molecule has 9 heteroatoms. The zero-order valence-electron chi connectivity index (χ0n) is 10.4. The molecule has 0 aliphatic carbocycles. The fourth-order valence-electron chi connectivity index (χ4n) is 1.48. The molecule has 0 bridgehead atoms. The third kappa shape index (κ3) is 2.95. The molecular formula is C11H11N5O3S. The van der Waals surface area contributed by atoms with Crippen LogP contribution >= 0.6 is 11.8 Å². The minimum atomic E-state index is -0.572. The molecule has 1 aromatic carbocycles. The van der Waals surface area contributed by atoms with Crippen LogP contribution in [0.3, 0.4) is 0 Å². The number of hydrogen-bond donors (Lipinski definition) is 2. The molecule has 0 aliphatic heterocycles. The highest BCUT2D eigenvalue weighted by atomic mass is 32.2. The third-order valence-corrected chi connectivity index (χ3v) is 3.35. The summed E-state index contributed by atoms with van der Waals surface area (Å²) in [6, 6.07) is 7.13. The molecule has 0 saturated carbocycles. The number of anilines is 1. The minimum Gasteiger partial charge on any atom is -0.497 e. The van der Waals surface area contributed by atoms with Crippen molar-refractivity contribution >= 4 is 23.3 Å². The zero-order valence-corrected chi connectivity index (χ0v) is 11.3. The molecule has 0 unspecified atom stereocenters. The van der Waals surface area contributed by atoms with Crippen molar-refractivity contribution in [3.63, 3.8) is 0 Å². The van der Waals surface area contributed by atoms with Gasteiger partial charge in [0.2, 0.25) is 5.82 Å². The second kappa shape index (κ2) is 6.17. The van der Waals surface area contributed by atoms with E-state index in [0.717, 1.165) is 16.7 Å². The van der Waals surface area contributed by atoms with Gasteiger partial charge in [-0.1, -0.05) is 17.8 Å². The zero-order chi connectivity index (χ0) is 14.5. The number of nitrogen functional groups attached to an aromatic ring is 1. The van der Waals surface area contributed by atoms with Gasteiger partial charge in [-0.25, -0.2) is 15.8 Å². The lowest BCUT2D eigenvalue weighted by atomic mass is 10.3. The summed E-state index contributed by atoms with van der Waals surface area (Å²) in [6.45, 7) is 0. The molecule has 0 fully saturated rings. The smallest absolute Gasteiger partial charge is 0.344 e. The monoisotopic (exact) mass is 293 g/mol. The van der Waals surface area contributed by atoms with E-state index >= 15 is 0 Å². The Hall–Kier alpha value is -2.39. The Bertz CT molecular complexity index is 637. The number of nitro groups is 1. The van der Waals surface area contributed by atoms with Gasteiger partial charge in [0.05, 0.1) is 12.0 Å². The molecule has 20 heavy (non-hydrogen) atoms. The van der Waals surface area contributed by atoms with E-state index in [0.29, 0.717) is 5.75 Å². The van der Waals surface area contributed by atoms with E-state index in [1.54, 1.807) is 31.4 Å². The maximum atomic E-state index is 11.1. The molecule has 0 amide bonds. The lowest BCUT2D eigenvalue weighted by Crippen LogP contribution is -2.11. The van der Waals surface area contributed by atoms with Crippen molar-refractivity contribution in [1.82, 2.24) is 9.97 Å².